The normalized spacial score (nSPS) is 16.3. The molecule has 1 amide bonds. The van der Waals surface area contributed by atoms with E-state index in [0.717, 1.165) is 18.8 Å². The number of ether oxygens (including phenoxy) is 1. The van der Waals surface area contributed by atoms with E-state index in [1.165, 1.54) is 23.1 Å². The number of hydrogen-bond acceptors (Lipinski definition) is 5. The number of hydrogen-bond donors (Lipinski definition) is 2. The van der Waals surface area contributed by atoms with Crippen LogP contribution >= 0.6 is 0 Å². The lowest BCUT2D eigenvalue weighted by atomic mass is 10.1. The number of morpholine rings is 1. The molecule has 0 aliphatic carbocycles. The van der Waals surface area contributed by atoms with Gasteiger partial charge in [0, 0.05) is 17.7 Å². The molecule has 2 N–H and O–H groups in total. The van der Waals surface area contributed by atoms with Crippen LogP contribution in [0.2, 0.25) is 0 Å². The summed E-state index contributed by atoms with van der Waals surface area (Å²) in [6.45, 7) is 3.39. The highest BCUT2D eigenvalue weighted by Crippen LogP contribution is 2.14. The third kappa shape index (κ3) is 4.23. The van der Waals surface area contributed by atoms with Gasteiger partial charge in [0.05, 0.1) is 30.9 Å². The minimum Gasteiger partial charge on any atom is -0.463 e. The van der Waals surface area contributed by atoms with Crippen LogP contribution in [-0.2, 0) is 4.74 Å². The van der Waals surface area contributed by atoms with E-state index in [1.54, 1.807) is 12.3 Å². The molecule has 1 saturated heterocycles. The lowest BCUT2D eigenvalue weighted by Gasteiger charge is -2.30. The van der Waals surface area contributed by atoms with Crippen molar-refractivity contribution < 1.29 is 23.8 Å². The van der Waals surface area contributed by atoms with Gasteiger partial charge in [0.2, 0.25) is 0 Å². The molecule has 0 radical (unpaired) electrons. The van der Waals surface area contributed by atoms with Crippen molar-refractivity contribution in [3.8, 4) is 0 Å². The Morgan fingerprint density at radius 2 is 2.08 bits per heavy atom. The molecular weight excluding hydrogens is 326 g/mol. The average Bonchev–Trinajstić information content (AvgIpc) is 3.17. The van der Waals surface area contributed by atoms with E-state index in [1.807, 2.05) is 12.1 Å². The largest absolute Gasteiger partial charge is 0.463 e. The molecule has 0 spiro atoms. The van der Waals surface area contributed by atoms with Crippen LogP contribution in [0.25, 0.3) is 0 Å². The molecule has 3 rings (SSSR count). The number of amides is 1. The van der Waals surface area contributed by atoms with Crippen molar-refractivity contribution >= 4 is 11.6 Å². The smallest absolute Gasteiger partial charge is 0.270 e. The molecule has 25 heavy (non-hydrogen) atoms. The third-order valence-corrected chi connectivity index (χ3v) is 4.30. The van der Waals surface area contributed by atoms with Gasteiger partial charge in [-0.1, -0.05) is 6.07 Å². The number of carbonyl (C=O) groups excluding carboxylic acids is 1. The number of quaternary nitrogens is 1. The first-order chi connectivity index (χ1) is 12.1. The average molecular weight is 346 g/mol. The van der Waals surface area contributed by atoms with Gasteiger partial charge in [0.1, 0.15) is 13.1 Å². The van der Waals surface area contributed by atoms with Crippen molar-refractivity contribution in [1.82, 2.24) is 5.32 Å². The van der Waals surface area contributed by atoms with Crippen LogP contribution in [0.15, 0.2) is 47.1 Å². The van der Waals surface area contributed by atoms with Crippen molar-refractivity contribution in [3.05, 3.63) is 64.1 Å². The SMILES string of the molecule is O=C(NC[C@@H](c1ccco1)[NH+]1CCOCC1)c1cccc([N+](=O)[O-])c1. The second kappa shape index (κ2) is 7.91. The zero-order valence-electron chi connectivity index (χ0n) is 13.6. The molecule has 2 heterocycles. The first kappa shape index (κ1) is 17.1. The Bertz CT molecular complexity index is 726. The van der Waals surface area contributed by atoms with E-state index in [-0.39, 0.29) is 23.2 Å². The molecule has 1 fully saturated rings. The van der Waals surface area contributed by atoms with E-state index in [9.17, 15) is 14.9 Å². The molecule has 1 aromatic heterocycles. The molecule has 0 saturated carbocycles. The fraction of sp³-hybridized carbons (Fsp3) is 0.353. The van der Waals surface area contributed by atoms with Gasteiger partial charge in [0.25, 0.3) is 11.6 Å². The Morgan fingerprint density at radius 3 is 2.76 bits per heavy atom. The third-order valence-electron chi connectivity index (χ3n) is 4.30. The van der Waals surface area contributed by atoms with E-state index in [4.69, 9.17) is 9.15 Å². The molecule has 8 nitrogen and oxygen atoms in total. The van der Waals surface area contributed by atoms with Gasteiger partial charge < -0.3 is 19.4 Å². The van der Waals surface area contributed by atoms with Crippen LogP contribution in [0.3, 0.4) is 0 Å². The molecule has 0 unspecified atom stereocenters. The summed E-state index contributed by atoms with van der Waals surface area (Å²) in [6.07, 6.45) is 1.62. The van der Waals surface area contributed by atoms with Crippen molar-refractivity contribution in [2.24, 2.45) is 0 Å². The Morgan fingerprint density at radius 1 is 1.28 bits per heavy atom. The number of carbonyl (C=O) groups is 1. The summed E-state index contributed by atoms with van der Waals surface area (Å²) < 4.78 is 10.9. The molecule has 8 heteroatoms. The van der Waals surface area contributed by atoms with E-state index in [2.05, 4.69) is 5.32 Å². The molecule has 1 aliphatic heterocycles. The summed E-state index contributed by atoms with van der Waals surface area (Å²) in [5.41, 5.74) is 0.165. The van der Waals surface area contributed by atoms with Gasteiger partial charge in [-0.3, -0.25) is 14.9 Å². The molecule has 1 aliphatic rings. The van der Waals surface area contributed by atoms with Crippen molar-refractivity contribution in [1.29, 1.82) is 0 Å². The van der Waals surface area contributed by atoms with Gasteiger partial charge in [-0.15, -0.1) is 0 Å². The number of nitrogens with one attached hydrogen (secondary N) is 2. The minimum absolute atomic E-state index is 0.0263. The quantitative estimate of drug-likeness (QED) is 0.589. The Kier molecular flexibility index (Phi) is 5.42. The highest BCUT2D eigenvalue weighted by atomic mass is 16.6. The van der Waals surface area contributed by atoms with Gasteiger partial charge >= 0.3 is 0 Å². The van der Waals surface area contributed by atoms with Crippen LogP contribution in [0.4, 0.5) is 5.69 Å². The summed E-state index contributed by atoms with van der Waals surface area (Å²) in [5.74, 6) is 0.462. The van der Waals surface area contributed by atoms with E-state index in [0.29, 0.717) is 19.8 Å². The molecule has 1 aromatic carbocycles. The molecule has 1 atom stereocenters. The monoisotopic (exact) mass is 346 g/mol. The van der Waals surface area contributed by atoms with E-state index >= 15 is 0 Å². The summed E-state index contributed by atoms with van der Waals surface area (Å²) in [6, 6.07) is 9.40. The lowest BCUT2D eigenvalue weighted by molar-refractivity contribution is -0.938. The Labute approximate surface area is 144 Å². The van der Waals surface area contributed by atoms with Gasteiger partial charge in [-0.25, -0.2) is 0 Å². The molecule has 0 bridgehead atoms. The Balaban J connectivity index is 1.69. The number of benzene rings is 1. The molecule has 132 valence electrons. The number of furan rings is 1. The number of non-ortho nitro benzene ring substituents is 1. The fourth-order valence-electron chi connectivity index (χ4n) is 2.98. The second-order valence-corrected chi connectivity index (χ2v) is 5.86. The van der Waals surface area contributed by atoms with Crippen molar-refractivity contribution in [2.45, 2.75) is 6.04 Å². The summed E-state index contributed by atoms with van der Waals surface area (Å²) in [5, 5.41) is 13.7. The zero-order chi connectivity index (χ0) is 17.6. The standard InChI is InChI=1S/C17H19N3O5/c21-17(13-3-1-4-14(11-13)20(22)23)18-12-15(16-5-2-8-25-16)19-6-9-24-10-7-19/h1-5,8,11,15H,6-7,9-10,12H2,(H,18,21)/p+1/t15-/m0/s1. The number of nitro groups is 1. The maximum atomic E-state index is 12.4. The van der Waals surface area contributed by atoms with Crippen LogP contribution in [0.1, 0.15) is 22.2 Å². The van der Waals surface area contributed by atoms with Gasteiger partial charge in [0.15, 0.2) is 11.8 Å². The van der Waals surface area contributed by atoms with Gasteiger partial charge in [-0.05, 0) is 18.2 Å². The summed E-state index contributed by atoms with van der Waals surface area (Å²) in [7, 11) is 0. The van der Waals surface area contributed by atoms with Crippen molar-refractivity contribution in [2.75, 3.05) is 32.8 Å². The fourth-order valence-corrected chi connectivity index (χ4v) is 2.98. The van der Waals surface area contributed by atoms with Crippen LogP contribution < -0.4 is 10.2 Å². The molecule has 2 aromatic rings. The van der Waals surface area contributed by atoms with Crippen LogP contribution in [0, 0.1) is 10.1 Å². The Hall–Kier alpha value is -2.71. The first-order valence-electron chi connectivity index (χ1n) is 8.13. The number of rotatable bonds is 6. The summed E-state index contributed by atoms with van der Waals surface area (Å²) >= 11 is 0. The maximum absolute atomic E-state index is 12.4. The predicted octanol–water partition coefficient (Wildman–Crippen LogP) is 0.574. The first-order valence-corrected chi connectivity index (χ1v) is 8.13. The second-order valence-electron chi connectivity index (χ2n) is 5.86. The highest BCUT2D eigenvalue weighted by Gasteiger charge is 2.29. The zero-order valence-corrected chi connectivity index (χ0v) is 13.6. The van der Waals surface area contributed by atoms with Gasteiger partial charge in [-0.2, -0.15) is 0 Å². The minimum atomic E-state index is -0.514. The van der Waals surface area contributed by atoms with Crippen LogP contribution in [-0.4, -0.2) is 43.7 Å². The lowest BCUT2D eigenvalue weighted by Crippen LogP contribution is -3.15. The van der Waals surface area contributed by atoms with E-state index < -0.39 is 4.92 Å². The molecular formula is C17H20N3O5+. The number of nitro benzene ring substituents is 1. The van der Waals surface area contributed by atoms with Crippen LogP contribution in [0.5, 0.6) is 0 Å². The topological polar surface area (TPSA) is 99.0 Å². The predicted molar refractivity (Wildman–Crippen MR) is 88.4 cm³/mol. The van der Waals surface area contributed by atoms with Crippen molar-refractivity contribution in [3.63, 3.8) is 0 Å². The maximum Gasteiger partial charge on any atom is 0.270 e. The number of nitrogens with zero attached hydrogens (tertiary/aromatic N) is 1. The summed E-state index contributed by atoms with van der Waals surface area (Å²) in [4.78, 5) is 24.0. The highest BCUT2D eigenvalue weighted by molar-refractivity contribution is 5.94.